The van der Waals surface area contributed by atoms with E-state index in [1.54, 1.807) is 19.5 Å². The molecule has 0 saturated carbocycles. The Morgan fingerprint density at radius 2 is 2.05 bits per heavy atom. The van der Waals surface area contributed by atoms with Gasteiger partial charge in [0.1, 0.15) is 5.69 Å². The molecule has 21 heavy (non-hydrogen) atoms. The van der Waals surface area contributed by atoms with E-state index in [9.17, 15) is 0 Å². The monoisotopic (exact) mass is 305 g/mol. The number of ether oxygens (including phenoxy) is 1. The van der Waals surface area contributed by atoms with Crippen LogP contribution in [0.2, 0.25) is 5.02 Å². The summed E-state index contributed by atoms with van der Waals surface area (Å²) in [5, 5.41) is 4.19. The zero-order valence-electron chi connectivity index (χ0n) is 12.6. The van der Waals surface area contributed by atoms with Crippen molar-refractivity contribution in [2.24, 2.45) is 0 Å². The van der Waals surface area contributed by atoms with E-state index in [0.29, 0.717) is 5.88 Å². The van der Waals surface area contributed by atoms with Crippen LogP contribution >= 0.6 is 11.6 Å². The van der Waals surface area contributed by atoms with Gasteiger partial charge >= 0.3 is 0 Å². The topological polar surface area (TPSA) is 47.0 Å². The molecule has 1 atom stereocenters. The molecule has 0 aliphatic heterocycles. The second-order valence-corrected chi connectivity index (χ2v) is 5.27. The number of benzene rings is 1. The number of hydrogen-bond donors (Lipinski definition) is 1. The van der Waals surface area contributed by atoms with Crippen LogP contribution in [0.4, 0.5) is 0 Å². The highest BCUT2D eigenvalue weighted by Crippen LogP contribution is 2.31. The van der Waals surface area contributed by atoms with E-state index in [1.807, 2.05) is 25.1 Å². The van der Waals surface area contributed by atoms with Crippen molar-refractivity contribution in [3.63, 3.8) is 0 Å². The lowest BCUT2D eigenvalue weighted by Crippen LogP contribution is -2.25. The Morgan fingerprint density at radius 3 is 2.71 bits per heavy atom. The van der Waals surface area contributed by atoms with Crippen LogP contribution in [0.1, 0.15) is 36.2 Å². The Hall–Kier alpha value is -1.65. The predicted molar refractivity (Wildman–Crippen MR) is 84.9 cm³/mol. The smallest absolute Gasteiger partial charge is 0.237 e. The minimum atomic E-state index is -0.137. The molecular formula is C16H20ClN3O. The highest BCUT2D eigenvalue weighted by atomic mass is 35.5. The third kappa shape index (κ3) is 3.71. The maximum absolute atomic E-state index is 6.42. The standard InChI is InChI=1S/C16H20ClN3O/c1-4-7-18-14(12-6-5-11(2)10-13(12)17)15-16(21-3)20-9-8-19-15/h5-6,8-10,14,18H,4,7H2,1-3H3. The van der Waals surface area contributed by atoms with Crippen molar-refractivity contribution in [1.82, 2.24) is 15.3 Å². The quantitative estimate of drug-likeness (QED) is 0.887. The Balaban J connectivity index is 2.47. The molecule has 0 fully saturated rings. The van der Waals surface area contributed by atoms with Crippen LogP contribution in [0.25, 0.3) is 0 Å². The number of nitrogens with one attached hydrogen (secondary N) is 1. The SMILES string of the molecule is CCCNC(c1ccc(C)cc1Cl)c1nccnc1OC. The van der Waals surface area contributed by atoms with Crippen molar-refractivity contribution in [1.29, 1.82) is 0 Å². The molecule has 5 heteroatoms. The normalized spacial score (nSPS) is 12.2. The van der Waals surface area contributed by atoms with E-state index in [-0.39, 0.29) is 6.04 Å². The molecular weight excluding hydrogens is 286 g/mol. The third-order valence-corrected chi connectivity index (χ3v) is 3.55. The van der Waals surface area contributed by atoms with Crippen molar-refractivity contribution >= 4 is 11.6 Å². The van der Waals surface area contributed by atoms with Crippen LogP contribution in [0, 0.1) is 6.92 Å². The van der Waals surface area contributed by atoms with E-state index in [1.165, 1.54) is 0 Å². The van der Waals surface area contributed by atoms with Gasteiger partial charge in [0, 0.05) is 17.4 Å². The summed E-state index contributed by atoms with van der Waals surface area (Å²) < 4.78 is 5.33. The molecule has 2 rings (SSSR count). The Labute approximate surface area is 130 Å². The molecule has 4 nitrogen and oxygen atoms in total. The molecule has 1 unspecified atom stereocenters. The van der Waals surface area contributed by atoms with Crippen LogP contribution in [0.15, 0.2) is 30.6 Å². The van der Waals surface area contributed by atoms with E-state index in [2.05, 4.69) is 22.2 Å². The summed E-state index contributed by atoms with van der Waals surface area (Å²) in [6.45, 7) is 5.00. The molecule has 1 heterocycles. The number of halogens is 1. The summed E-state index contributed by atoms with van der Waals surface area (Å²) in [6.07, 6.45) is 4.30. The largest absolute Gasteiger partial charge is 0.480 e. The van der Waals surface area contributed by atoms with Gasteiger partial charge in [-0.3, -0.25) is 4.98 Å². The van der Waals surface area contributed by atoms with Crippen LogP contribution in [0.3, 0.4) is 0 Å². The van der Waals surface area contributed by atoms with Crippen LogP contribution < -0.4 is 10.1 Å². The van der Waals surface area contributed by atoms with Crippen LogP contribution in [-0.2, 0) is 0 Å². The highest BCUT2D eigenvalue weighted by Gasteiger charge is 2.22. The first-order valence-corrected chi connectivity index (χ1v) is 7.39. The molecule has 0 radical (unpaired) electrons. The average Bonchev–Trinajstić information content (AvgIpc) is 2.49. The first-order chi connectivity index (χ1) is 10.2. The molecule has 112 valence electrons. The highest BCUT2D eigenvalue weighted by molar-refractivity contribution is 6.31. The average molecular weight is 306 g/mol. The Kier molecular flexibility index (Phi) is 5.53. The van der Waals surface area contributed by atoms with Gasteiger partial charge in [-0.2, -0.15) is 0 Å². The lowest BCUT2D eigenvalue weighted by molar-refractivity contribution is 0.382. The maximum Gasteiger partial charge on any atom is 0.237 e. The van der Waals surface area contributed by atoms with E-state index in [4.69, 9.17) is 16.3 Å². The number of hydrogen-bond acceptors (Lipinski definition) is 4. The minimum Gasteiger partial charge on any atom is -0.480 e. The Morgan fingerprint density at radius 1 is 1.29 bits per heavy atom. The number of methoxy groups -OCH3 is 1. The fraction of sp³-hybridized carbons (Fsp3) is 0.375. The molecule has 0 bridgehead atoms. The zero-order valence-corrected chi connectivity index (χ0v) is 13.3. The lowest BCUT2D eigenvalue weighted by atomic mass is 10.0. The van der Waals surface area contributed by atoms with Gasteiger partial charge in [0.15, 0.2) is 0 Å². The van der Waals surface area contributed by atoms with Gasteiger partial charge in [-0.1, -0.05) is 30.7 Å². The Bertz CT molecular complexity index is 604. The van der Waals surface area contributed by atoms with Gasteiger partial charge in [0.25, 0.3) is 0 Å². The molecule has 1 N–H and O–H groups in total. The van der Waals surface area contributed by atoms with Crippen molar-refractivity contribution in [2.45, 2.75) is 26.3 Å². The van der Waals surface area contributed by atoms with Gasteiger partial charge < -0.3 is 10.1 Å². The van der Waals surface area contributed by atoms with E-state index >= 15 is 0 Å². The first-order valence-electron chi connectivity index (χ1n) is 7.01. The second kappa shape index (κ2) is 7.38. The minimum absolute atomic E-state index is 0.137. The number of aryl methyl sites for hydroxylation is 1. The summed E-state index contributed by atoms with van der Waals surface area (Å²) in [5.41, 5.74) is 2.86. The van der Waals surface area contributed by atoms with Crippen molar-refractivity contribution in [3.05, 3.63) is 52.4 Å². The zero-order chi connectivity index (χ0) is 15.2. The molecule has 1 aromatic heterocycles. The molecule has 0 spiro atoms. The van der Waals surface area contributed by atoms with E-state index < -0.39 is 0 Å². The summed E-state index contributed by atoms with van der Waals surface area (Å²) in [7, 11) is 1.60. The summed E-state index contributed by atoms with van der Waals surface area (Å²) in [4.78, 5) is 8.67. The number of nitrogens with zero attached hydrogens (tertiary/aromatic N) is 2. The van der Waals surface area contributed by atoms with E-state index in [0.717, 1.165) is 34.8 Å². The second-order valence-electron chi connectivity index (χ2n) is 4.86. The maximum atomic E-state index is 6.42. The molecule has 2 aromatic rings. The van der Waals surface area contributed by atoms with Crippen molar-refractivity contribution in [2.75, 3.05) is 13.7 Å². The van der Waals surface area contributed by atoms with Gasteiger partial charge in [0.05, 0.1) is 13.2 Å². The van der Waals surface area contributed by atoms with Crippen LogP contribution in [-0.4, -0.2) is 23.6 Å². The van der Waals surface area contributed by atoms with Crippen LogP contribution in [0.5, 0.6) is 5.88 Å². The van der Waals surface area contributed by atoms with Gasteiger partial charge in [0.2, 0.25) is 5.88 Å². The van der Waals surface area contributed by atoms with Crippen molar-refractivity contribution in [3.8, 4) is 5.88 Å². The molecule has 0 saturated heterocycles. The third-order valence-electron chi connectivity index (χ3n) is 3.22. The fourth-order valence-corrected chi connectivity index (χ4v) is 2.54. The molecule has 0 amide bonds. The fourth-order valence-electron chi connectivity index (χ4n) is 2.20. The molecule has 0 aliphatic carbocycles. The summed E-state index contributed by atoms with van der Waals surface area (Å²) in [5.74, 6) is 0.516. The number of aromatic nitrogens is 2. The van der Waals surface area contributed by atoms with Gasteiger partial charge in [-0.15, -0.1) is 0 Å². The molecule has 0 aliphatic rings. The van der Waals surface area contributed by atoms with Crippen molar-refractivity contribution < 1.29 is 4.74 Å². The van der Waals surface area contributed by atoms with Gasteiger partial charge in [-0.05, 0) is 37.1 Å². The summed E-state index contributed by atoms with van der Waals surface area (Å²) in [6, 6.07) is 5.89. The lowest BCUT2D eigenvalue weighted by Gasteiger charge is -2.21. The molecule has 1 aromatic carbocycles. The van der Waals surface area contributed by atoms with Gasteiger partial charge in [-0.25, -0.2) is 4.98 Å². The summed E-state index contributed by atoms with van der Waals surface area (Å²) >= 11 is 6.42. The number of rotatable bonds is 6. The predicted octanol–water partition coefficient (Wildman–Crippen LogP) is 3.54. The first kappa shape index (κ1) is 15.7.